The van der Waals surface area contributed by atoms with Crippen molar-refractivity contribution < 1.29 is 27.4 Å². The number of nitrogens with two attached hydrogens (primary N) is 1. The standard InChI is InChI=1S/C18H25F3N2O3/c19-18(20,21)26-16-5-2-1-4-14(16)6-7-17(24)23-11-8-15(9-12-23)25-13-3-10-22/h1-2,4-5,15H,3,6-13,22H2. The van der Waals surface area contributed by atoms with E-state index in [1.54, 1.807) is 17.0 Å². The van der Waals surface area contributed by atoms with Gasteiger partial charge in [0.1, 0.15) is 5.75 Å². The highest BCUT2D eigenvalue weighted by Crippen LogP contribution is 2.27. The number of aryl methyl sites for hydroxylation is 1. The minimum Gasteiger partial charge on any atom is -0.406 e. The van der Waals surface area contributed by atoms with Crippen molar-refractivity contribution >= 4 is 5.91 Å². The van der Waals surface area contributed by atoms with Crippen LogP contribution in [-0.2, 0) is 16.0 Å². The number of carbonyl (C=O) groups is 1. The Balaban J connectivity index is 1.79. The minimum atomic E-state index is -4.74. The molecule has 0 radical (unpaired) electrons. The van der Waals surface area contributed by atoms with Crippen molar-refractivity contribution in [3.63, 3.8) is 0 Å². The van der Waals surface area contributed by atoms with Gasteiger partial charge in [-0.25, -0.2) is 0 Å². The molecule has 1 aromatic carbocycles. The van der Waals surface area contributed by atoms with Crippen LogP contribution in [0, 0.1) is 0 Å². The molecular formula is C18H25F3N2O3. The average molecular weight is 374 g/mol. The summed E-state index contributed by atoms with van der Waals surface area (Å²) in [4.78, 5) is 14.1. The Morgan fingerprint density at radius 1 is 1.23 bits per heavy atom. The number of alkyl halides is 3. The molecule has 1 saturated heterocycles. The SMILES string of the molecule is NCCCOC1CCN(C(=O)CCc2ccccc2OC(F)(F)F)CC1. The molecule has 8 heteroatoms. The molecule has 0 bridgehead atoms. The molecule has 0 aliphatic carbocycles. The lowest BCUT2D eigenvalue weighted by atomic mass is 10.0. The lowest BCUT2D eigenvalue weighted by Crippen LogP contribution is -2.41. The summed E-state index contributed by atoms with van der Waals surface area (Å²) in [5.74, 6) is -0.313. The number of hydrogen-bond donors (Lipinski definition) is 1. The summed E-state index contributed by atoms with van der Waals surface area (Å²) in [6.45, 7) is 2.43. The van der Waals surface area contributed by atoms with Crippen LogP contribution in [0.25, 0.3) is 0 Å². The number of likely N-dealkylation sites (tertiary alicyclic amines) is 1. The maximum Gasteiger partial charge on any atom is 0.573 e. The van der Waals surface area contributed by atoms with Gasteiger partial charge in [0.15, 0.2) is 0 Å². The topological polar surface area (TPSA) is 64.8 Å². The molecule has 1 aromatic rings. The zero-order valence-corrected chi connectivity index (χ0v) is 14.6. The molecule has 2 N–H and O–H groups in total. The van der Waals surface area contributed by atoms with Crippen molar-refractivity contribution in [1.29, 1.82) is 0 Å². The van der Waals surface area contributed by atoms with Gasteiger partial charge in [-0.1, -0.05) is 18.2 Å². The third-order valence-corrected chi connectivity index (χ3v) is 4.30. The Hall–Kier alpha value is -1.80. The van der Waals surface area contributed by atoms with E-state index in [2.05, 4.69) is 4.74 Å². The zero-order chi connectivity index (χ0) is 19.0. The van der Waals surface area contributed by atoms with E-state index in [9.17, 15) is 18.0 Å². The lowest BCUT2D eigenvalue weighted by molar-refractivity contribution is -0.274. The Kier molecular flexibility index (Phi) is 7.71. The molecule has 26 heavy (non-hydrogen) atoms. The highest BCUT2D eigenvalue weighted by Gasteiger charge is 2.32. The molecule has 1 aliphatic heterocycles. The number of hydrogen-bond acceptors (Lipinski definition) is 4. The second kappa shape index (κ2) is 9.78. The third-order valence-electron chi connectivity index (χ3n) is 4.30. The minimum absolute atomic E-state index is 0.0628. The monoisotopic (exact) mass is 374 g/mol. The van der Waals surface area contributed by atoms with Gasteiger partial charge in [-0.05, 0) is 43.9 Å². The van der Waals surface area contributed by atoms with E-state index in [1.165, 1.54) is 12.1 Å². The molecule has 5 nitrogen and oxygen atoms in total. The summed E-state index contributed by atoms with van der Waals surface area (Å²) in [7, 11) is 0. The van der Waals surface area contributed by atoms with Gasteiger partial charge in [0.25, 0.3) is 0 Å². The van der Waals surface area contributed by atoms with E-state index >= 15 is 0 Å². The quantitative estimate of drug-likeness (QED) is 0.711. The van der Waals surface area contributed by atoms with Crippen LogP contribution in [-0.4, -0.2) is 49.5 Å². The van der Waals surface area contributed by atoms with Crippen molar-refractivity contribution in [1.82, 2.24) is 4.90 Å². The van der Waals surface area contributed by atoms with Gasteiger partial charge in [-0.2, -0.15) is 0 Å². The predicted molar refractivity (Wildman–Crippen MR) is 90.7 cm³/mol. The second-order valence-electron chi connectivity index (χ2n) is 6.25. The van der Waals surface area contributed by atoms with Gasteiger partial charge in [0, 0.05) is 26.1 Å². The first kappa shape index (κ1) is 20.5. The van der Waals surface area contributed by atoms with E-state index in [0.29, 0.717) is 31.8 Å². The summed E-state index contributed by atoms with van der Waals surface area (Å²) in [6.07, 6.45) is -1.89. The van der Waals surface area contributed by atoms with Gasteiger partial charge in [0.05, 0.1) is 6.10 Å². The first-order valence-corrected chi connectivity index (χ1v) is 8.82. The van der Waals surface area contributed by atoms with Crippen molar-refractivity contribution in [3.8, 4) is 5.75 Å². The van der Waals surface area contributed by atoms with E-state index in [4.69, 9.17) is 10.5 Å². The Bertz CT molecular complexity index is 573. The van der Waals surface area contributed by atoms with Crippen molar-refractivity contribution in [3.05, 3.63) is 29.8 Å². The fourth-order valence-corrected chi connectivity index (χ4v) is 2.94. The van der Waals surface area contributed by atoms with Crippen LogP contribution >= 0.6 is 0 Å². The molecular weight excluding hydrogens is 349 g/mol. The second-order valence-corrected chi connectivity index (χ2v) is 6.25. The first-order chi connectivity index (χ1) is 12.4. The van der Waals surface area contributed by atoms with Crippen LogP contribution in [0.4, 0.5) is 13.2 Å². The summed E-state index contributed by atoms with van der Waals surface area (Å²) in [5.41, 5.74) is 5.80. The number of para-hydroxylation sites is 1. The summed E-state index contributed by atoms with van der Waals surface area (Å²) in [6, 6.07) is 5.92. The average Bonchev–Trinajstić information content (AvgIpc) is 2.60. The predicted octanol–water partition coefficient (Wildman–Crippen LogP) is 2.87. The number of benzene rings is 1. The van der Waals surface area contributed by atoms with Crippen LogP contribution in [0.3, 0.4) is 0 Å². The van der Waals surface area contributed by atoms with Crippen molar-refractivity contribution in [2.45, 2.75) is 44.6 Å². The molecule has 1 fully saturated rings. The molecule has 2 rings (SSSR count). The molecule has 1 amide bonds. The Morgan fingerprint density at radius 2 is 1.92 bits per heavy atom. The molecule has 146 valence electrons. The lowest BCUT2D eigenvalue weighted by Gasteiger charge is -2.32. The van der Waals surface area contributed by atoms with Crippen LogP contribution in [0.2, 0.25) is 0 Å². The molecule has 0 unspecified atom stereocenters. The normalized spacial score (nSPS) is 15.9. The van der Waals surface area contributed by atoms with E-state index in [1.807, 2.05) is 0 Å². The van der Waals surface area contributed by atoms with Gasteiger partial charge < -0.3 is 20.1 Å². The molecule has 0 spiro atoms. The highest BCUT2D eigenvalue weighted by molar-refractivity contribution is 5.76. The Morgan fingerprint density at radius 3 is 2.58 bits per heavy atom. The first-order valence-electron chi connectivity index (χ1n) is 8.82. The van der Waals surface area contributed by atoms with E-state index < -0.39 is 6.36 Å². The molecule has 0 saturated carbocycles. The number of amides is 1. The zero-order valence-electron chi connectivity index (χ0n) is 14.6. The number of halogens is 3. The fourth-order valence-electron chi connectivity index (χ4n) is 2.94. The van der Waals surface area contributed by atoms with Gasteiger partial charge >= 0.3 is 6.36 Å². The number of rotatable bonds is 8. The molecule has 0 atom stereocenters. The van der Waals surface area contributed by atoms with Crippen LogP contribution in [0.1, 0.15) is 31.2 Å². The number of carbonyl (C=O) groups excluding carboxylic acids is 1. The van der Waals surface area contributed by atoms with Crippen LogP contribution in [0.5, 0.6) is 5.75 Å². The highest BCUT2D eigenvalue weighted by atomic mass is 19.4. The number of nitrogens with zero attached hydrogens (tertiary/aromatic N) is 1. The largest absolute Gasteiger partial charge is 0.573 e. The number of piperidine rings is 1. The fraction of sp³-hybridized carbons (Fsp3) is 0.611. The van der Waals surface area contributed by atoms with Gasteiger partial charge in [-0.15, -0.1) is 13.2 Å². The van der Waals surface area contributed by atoms with Crippen molar-refractivity contribution in [2.24, 2.45) is 5.73 Å². The maximum atomic E-state index is 12.4. The third kappa shape index (κ3) is 6.84. The molecule has 0 aromatic heterocycles. The maximum absolute atomic E-state index is 12.4. The Labute approximate surface area is 151 Å². The van der Waals surface area contributed by atoms with Crippen LogP contribution in [0.15, 0.2) is 24.3 Å². The molecule has 1 heterocycles. The van der Waals surface area contributed by atoms with Gasteiger partial charge in [0.2, 0.25) is 5.91 Å². The van der Waals surface area contributed by atoms with E-state index in [0.717, 1.165) is 19.3 Å². The van der Waals surface area contributed by atoms with Crippen LogP contribution < -0.4 is 10.5 Å². The number of ether oxygens (including phenoxy) is 2. The summed E-state index contributed by atoms with van der Waals surface area (Å²) >= 11 is 0. The van der Waals surface area contributed by atoms with Crippen molar-refractivity contribution in [2.75, 3.05) is 26.2 Å². The summed E-state index contributed by atoms with van der Waals surface area (Å²) in [5, 5.41) is 0. The van der Waals surface area contributed by atoms with Gasteiger partial charge in [-0.3, -0.25) is 4.79 Å². The molecule has 1 aliphatic rings. The smallest absolute Gasteiger partial charge is 0.406 e. The van der Waals surface area contributed by atoms with E-state index in [-0.39, 0.29) is 30.6 Å². The summed E-state index contributed by atoms with van der Waals surface area (Å²) < 4.78 is 47.1.